The molecule has 16 heavy (non-hydrogen) atoms. The molecule has 1 rings (SSSR count). The minimum absolute atomic E-state index is 0.312. The van der Waals surface area contributed by atoms with Gasteiger partial charge in [0.15, 0.2) is 5.75 Å². The molecule has 0 unspecified atom stereocenters. The lowest BCUT2D eigenvalue weighted by Crippen LogP contribution is -2.25. The van der Waals surface area contributed by atoms with Gasteiger partial charge in [0, 0.05) is 24.4 Å². The van der Waals surface area contributed by atoms with Crippen molar-refractivity contribution < 1.29 is 14.3 Å². The van der Waals surface area contributed by atoms with Crippen molar-refractivity contribution in [3.05, 3.63) is 15.8 Å². The van der Waals surface area contributed by atoms with Gasteiger partial charge >= 0.3 is 5.97 Å². The van der Waals surface area contributed by atoms with E-state index in [1.54, 1.807) is 24.4 Å². The number of ether oxygens (including phenoxy) is 2. The Bertz CT molecular complexity index is 412. The summed E-state index contributed by atoms with van der Waals surface area (Å²) in [5.41, 5.74) is 0.411. The van der Waals surface area contributed by atoms with Crippen LogP contribution in [0, 0.1) is 6.92 Å². The normalized spacial score (nSPS) is 9.75. The summed E-state index contributed by atoms with van der Waals surface area (Å²) < 4.78 is 10.1. The van der Waals surface area contributed by atoms with E-state index in [9.17, 15) is 4.79 Å². The molecule has 0 saturated carbocycles. The van der Waals surface area contributed by atoms with E-state index in [1.165, 1.54) is 18.4 Å². The average Bonchev–Trinajstić information content (AvgIpc) is 2.59. The molecule has 0 radical (unpaired) electrons. The second-order valence-corrected chi connectivity index (χ2v) is 4.72. The van der Waals surface area contributed by atoms with Crippen LogP contribution in [0.5, 0.6) is 5.75 Å². The summed E-state index contributed by atoms with van der Waals surface area (Å²) in [6.07, 6.45) is 0. The Kier molecular flexibility index (Phi) is 4.26. The SMILES string of the molecule is COC(=O)c1csc(C)c1OC(=S)N(C)C. The van der Waals surface area contributed by atoms with Gasteiger partial charge in [0.2, 0.25) is 0 Å². The van der Waals surface area contributed by atoms with Crippen LogP contribution >= 0.6 is 23.6 Å². The zero-order chi connectivity index (χ0) is 12.3. The van der Waals surface area contributed by atoms with Gasteiger partial charge in [-0.25, -0.2) is 4.79 Å². The molecule has 0 aliphatic carbocycles. The van der Waals surface area contributed by atoms with Crippen LogP contribution in [0.1, 0.15) is 15.2 Å². The standard InChI is InChI=1S/C10H13NO3S2/c1-6-8(14-10(15)11(2)3)7(5-16-6)9(12)13-4/h5H,1-4H3. The lowest BCUT2D eigenvalue weighted by atomic mass is 10.3. The molecule has 0 spiro atoms. The van der Waals surface area contributed by atoms with Crippen molar-refractivity contribution in [1.82, 2.24) is 4.90 Å². The molecule has 0 aliphatic heterocycles. The van der Waals surface area contributed by atoms with Gasteiger partial charge in [0.25, 0.3) is 5.17 Å². The van der Waals surface area contributed by atoms with Gasteiger partial charge in [0.05, 0.1) is 7.11 Å². The third kappa shape index (κ3) is 2.70. The molecule has 4 nitrogen and oxygen atoms in total. The van der Waals surface area contributed by atoms with Gasteiger partial charge in [-0.15, -0.1) is 11.3 Å². The van der Waals surface area contributed by atoms with Crippen LogP contribution < -0.4 is 4.74 Å². The second kappa shape index (κ2) is 5.27. The molecule has 88 valence electrons. The molecule has 0 fully saturated rings. The molecule has 0 saturated heterocycles. The fourth-order valence-electron chi connectivity index (χ4n) is 1.00. The third-order valence-corrected chi connectivity index (χ3v) is 3.22. The first-order valence-electron chi connectivity index (χ1n) is 4.53. The third-order valence-electron chi connectivity index (χ3n) is 1.88. The van der Waals surface area contributed by atoms with Gasteiger partial charge in [-0.3, -0.25) is 0 Å². The van der Waals surface area contributed by atoms with E-state index < -0.39 is 5.97 Å². The number of methoxy groups -OCH3 is 1. The smallest absolute Gasteiger partial charge is 0.342 e. The minimum Gasteiger partial charge on any atom is -0.465 e. The molecule has 0 amide bonds. The first kappa shape index (κ1) is 12.9. The van der Waals surface area contributed by atoms with Gasteiger partial charge in [-0.05, 0) is 19.1 Å². The number of thiophene rings is 1. The Labute approximate surface area is 104 Å². The van der Waals surface area contributed by atoms with Crippen molar-refractivity contribution in [2.45, 2.75) is 6.92 Å². The van der Waals surface area contributed by atoms with Crippen molar-refractivity contribution in [1.29, 1.82) is 0 Å². The first-order valence-corrected chi connectivity index (χ1v) is 5.81. The number of carbonyl (C=O) groups excluding carboxylic acids is 1. The van der Waals surface area contributed by atoms with Crippen LogP contribution in [-0.2, 0) is 4.74 Å². The summed E-state index contributed by atoms with van der Waals surface area (Å²) in [6, 6.07) is 0. The topological polar surface area (TPSA) is 38.8 Å². The highest BCUT2D eigenvalue weighted by molar-refractivity contribution is 7.80. The van der Waals surface area contributed by atoms with Crippen LogP contribution in [0.2, 0.25) is 0 Å². The molecule has 0 aliphatic rings. The maximum atomic E-state index is 11.4. The maximum absolute atomic E-state index is 11.4. The van der Waals surface area contributed by atoms with Crippen LogP contribution in [-0.4, -0.2) is 37.2 Å². The van der Waals surface area contributed by atoms with E-state index in [0.717, 1.165) is 4.88 Å². The van der Waals surface area contributed by atoms with Crippen LogP contribution in [0.3, 0.4) is 0 Å². The average molecular weight is 259 g/mol. The maximum Gasteiger partial charge on any atom is 0.342 e. The van der Waals surface area contributed by atoms with Crippen molar-refractivity contribution >= 4 is 34.7 Å². The summed E-state index contributed by atoms with van der Waals surface area (Å²) in [5.74, 6) is 0.0662. The molecule has 1 heterocycles. The summed E-state index contributed by atoms with van der Waals surface area (Å²) in [6.45, 7) is 1.87. The number of nitrogens with zero attached hydrogens (tertiary/aromatic N) is 1. The fraction of sp³-hybridized carbons (Fsp3) is 0.400. The number of aryl methyl sites for hydroxylation is 1. The number of esters is 1. The molecule has 0 bridgehead atoms. The van der Waals surface area contributed by atoms with Gasteiger partial charge < -0.3 is 14.4 Å². The Morgan fingerprint density at radius 3 is 2.62 bits per heavy atom. The van der Waals surface area contributed by atoms with Crippen LogP contribution in [0.25, 0.3) is 0 Å². The van der Waals surface area contributed by atoms with Gasteiger partial charge in [0.1, 0.15) is 5.56 Å². The molecule has 0 aromatic carbocycles. The quantitative estimate of drug-likeness (QED) is 0.600. The summed E-state index contributed by atoms with van der Waals surface area (Å²) in [7, 11) is 4.90. The fourth-order valence-corrected chi connectivity index (χ4v) is 1.84. The van der Waals surface area contributed by atoms with Crippen molar-refractivity contribution in [2.24, 2.45) is 0 Å². The second-order valence-electron chi connectivity index (χ2n) is 3.29. The minimum atomic E-state index is -0.416. The monoisotopic (exact) mass is 259 g/mol. The van der Waals surface area contributed by atoms with E-state index in [-0.39, 0.29) is 0 Å². The molecular weight excluding hydrogens is 246 g/mol. The van der Waals surface area contributed by atoms with Crippen LogP contribution in [0.15, 0.2) is 5.38 Å². The predicted octanol–water partition coefficient (Wildman–Crippen LogP) is 2.07. The Hall–Kier alpha value is -1.14. The summed E-state index contributed by atoms with van der Waals surface area (Å²) >= 11 is 6.45. The number of hydrogen-bond donors (Lipinski definition) is 0. The van der Waals surface area contributed by atoms with Gasteiger partial charge in [-0.2, -0.15) is 0 Å². The van der Waals surface area contributed by atoms with E-state index in [0.29, 0.717) is 16.5 Å². The Morgan fingerprint density at radius 1 is 1.50 bits per heavy atom. The van der Waals surface area contributed by atoms with Crippen molar-refractivity contribution in [2.75, 3.05) is 21.2 Å². The van der Waals surface area contributed by atoms with Crippen LogP contribution in [0.4, 0.5) is 0 Å². The zero-order valence-corrected chi connectivity index (χ0v) is 11.2. The molecule has 0 N–H and O–H groups in total. The van der Waals surface area contributed by atoms with E-state index in [1.807, 2.05) is 6.92 Å². The first-order chi connectivity index (χ1) is 7.47. The molecular formula is C10H13NO3S2. The lowest BCUT2D eigenvalue weighted by molar-refractivity contribution is 0.0599. The Balaban J connectivity index is 2.98. The highest BCUT2D eigenvalue weighted by Crippen LogP contribution is 2.30. The molecule has 0 atom stereocenters. The number of rotatable bonds is 2. The van der Waals surface area contributed by atoms with E-state index >= 15 is 0 Å². The Morgan fingerprint density at radius 2 is 2.12 bits per heavy atom. The summed E-state index contributed by atoms with van der Waals surface area (Å²) in [4.78, 5) is 14.0. The largest absolute Gasteiger partial charge is 0.465 e. The van der Waals surface area contributed by atoms with E-state index in [2.05, 4.69) is 4.74 Å². The number of carbonyl (C=O) groups is 1. The molecule has 6 heteroatoms. The van der Waals surface area contributed by atoms with Crippen molar-refractivity contribution in [3.63, 3.8) is 0 Å². The van der Waals surface area contributed by atoms with E-state index in [4.69, 9.17) is 17.0 Å². The highest BCUT2D eigenvalue weighted by atomic mass is 32.1. The number of thiocarbonyl (C=S) groups is 1. The lowest BCUT2D eigenvalue weighted by Gasteiger charge is -2.14. The summed E-state index contributed by atoms with van der Waals surface area (Å²) in [5, 5.41) is 2.01. The van der Waals surface area contributed by atoms with Gasteiger partial charge in [-0.1, -0.05) is 0 Å². The predicted molar refractivity (Wildman–Crippen MR) is 67.3 cm³/mol. The number of hydrogen-bond acceptors (Lipinski definition) is 5. The molecule has 1 aromatic rings. The highest BCUT2D eigenvalue weighted by Gasteiger charge is 2.19. The zero-order valence-electron chi connectivity index (χ0n) is 9.57. The molecule has 1 aromatic heterocycles. The van der Waals surface area contributed by atoms with Crippen molar-refractivity contribution in [3.8, 4) is 5.75 Å².